The molecule has 0 aliphatic rings. The molecule has 3 aromatic rings. The molecule has 2 aromatic heterocycles. The van der Waals surface area contributed by atoms with Crippen molar-refractivity contribution in [1.29, 1.82) is 0 Å². The molecule has 1 amide bonds. The van der Waals surface area contributed by atoms with Crippen LogP contribution in [0.1, 0.15) is 28.1 Å². The molecule has 2 heterocycles. The SMILES string of the molecule is Cc1occc1C(=O)NCCCn1ncc2c(C)cccc21. The monoisotopic (exact) mass is 297 g/mol. The first-order chi connectivity index (χ1) is 10.7. The maximum Gasteiger partial charge on any atom is 0.254 e. The van der Waals surface area contributed by atoms with Crippen LogP contribution in [-0.4, -0.2) is 22.2 Å². The lowest BCUT2D eigenvalue weighted by molar-refractivity contribution is 0.0951. The quantitative estimate of drug-likeness (QED) is 0.736. The van der Waals surface area contributed by atoms with Crippen LogP contribution in [0.15, 0.2) is 41.1 Å². The van der Waals surface area contributed by atoms with E-state index in [0.717, 1.165) is 18.5 Å². The van der Waals surface area contributed by atoms with Crippen molar-refractivity contribution in [2.24, 2.45) is 0 Å². The van der Waals surface area contributed by atoms with Crippen LogP contribution >= 0.6 is 0 Å². The van der Waals surface area contributed by atoms with Gasteiger partial charge in [-0.1, -0.05) is 12.1 Å². The Morgan fingerprint density at radius 3 is 2.95 bits per heavy atom. The normalized spacial score (nSPS) is 11.0. The van der Waals surface area contributed by atoms with Gasteiger partial charge in [0.25, 0.3) is 5.91 Å². The van der Waals surface area contributed by atoms with Gasteiger partial charge in [-0.15, -0.1) is 0 Å². The van der Waals surface area contributed by atoms with Crippen LogP contribution in [0, 0.1) is 13.8 Å². The highest BCUT2D eigenvalue weighted by molar-refractivity contribution is 5.95. The predicted molar refractivity (Wildman–Crippen MR) is 84.9 cm³/mol. The molecule has 0 unspecified atom stereocenters. The first-order valence-electron chi connectivity index (χ1n) is 7.40. The van der Waals surface area contributed by atoms with Gasteiger partial charge in [0.2, 0.25) is 0 Å². The molecule has 0 radical (unpaired) electrons. The molecular formula is C17H19N3O2. The molecule has 0 spiro atoms. The van der Waals surface area contributed by atoms with E-state index in [1.165, 1.54) is 17.2 Å². The molecule has 22 heavy (non-hydrogen) atoms. The van der Waals surface area contributed by atoms with Gasteiger partial charge in [-0.05, 0) is 38.0 Å². The Morgan fingerprint density at radius 2 is 2.18 bits per heavy atom. The van der Waals surface area contributed by atoms with E-state index in [-0.39, 0.29) is 5.91 Å². The van der Waals surface area contributed by atoms with E-state index in [1.807, 2.05) is 16.9 Å². The summed E-state index contributed by atoms with van der Waals surface area (Å²) in [6.45, 7) is 5.25. The summed E-state index contributed by atoms with van der Waals surface area (Å²) in [5.74, 6) is 0.554. The summed E-state index contributed by atoms with van der Waals surface area (Å²) in [5, 5.41) is 8.51. The van der Waals surface area contributed by atoms with E-state index in [0.29, 0.717) is 17.9 Å². The summed E-state index contributed by atoms with van der Waals surface area (Å²) < 4.78 is 7.12. The van der Waals surface area contributed by atoms with Gasteiger partial charge in [0.1, 0.15) is 5.76 Å². The topological polar surface area (TPSA) is 60.1 Å². The summed E-state index contributed by atoms with van der Waals surface area (Å²) in [6, 6.07) is 7.89. The summed E-state index contributed by atoms with van der Waals surface area (Å²) in [4.78, 5) is 12.0. The fourth-order valence-electron chi connectivity index (χ4n) is 2.57. The molecule has 1 aromatic carbocycles. The second kappa shape index (κ2) is 6.05. The summed E-state index contributed by atoms with van der Waals surface area (Å²) in [7, 11) is 0. The molecule has 5 heteroatoms. The molecule has 3 rings (SSSR count). The maximum atomic E-state index is 12.0. The fraction of sp³-hybridized carbons (Fsp3) is 0.294. The lowest BCUT2D eigenvalue weighted by atomic mass is 10.1. The molecule has 1 N–H and O–H groups in total. The van der Waals surface area contributed by atoms with Crippen molar-refractivity contribution >= 4 is 16.8 Å². The van der Waals surface area contributed by atoms with Gasteiger partial charge < -0.3 is 9.73 Å². The van der Waals surface area contributed by atoms with Crippen LogP contribution in [0.3, 0.4) is 0 Å². The molecule has 0 saturated heterocycles. The number of aromatic nitrogens is 2. The zero-order chi connectivity index (χ0) is 15.5. The minimum atomic E-state index is -0.0904. The number of carbonyl (C=O) groups is 1. The van der Waals surface area contributed by atoms with Crippen molar-refractivity contribution in [1.82, 2.24) is 15.1 Å². The van der Waals surface area contributed by atoms with Crippen molar-refractivity contribution < 1.29 is 9.21 Å². The molecule has 0 saturated carbocycles. The minimum Gasteiger partial charge on any atom is -0.469 e. The van der Waals surface area contributed by atoms with Gasteiger partial charge in [0.15, 0.2) is 0 Å². The number of fused-ring (bicyclic) bond motifs is 1. The van der Waals surface area contributed by atoms with Gasteiger partial charge in [0.05, 0.1) is 23.5 Å². The van der Waals surface area contributed by atoms with Crippen LogP contribution in [0.25, 0.3) is 10.9 Å². The third-order valence-electron chi connectivity index (χ3n) is 3.84. The number of amides is 1. The van der Waals surface area contributed by atoms with Crippen molar-refractivity contribution in [2.45, 2.75) is 26.8 Å². The van der Waals surface area contributed by atoms with Crippen molar-refractivity contribution in [3.05, 3.63) is 53.6 Å². The van der Waals surface area contributed by atoms with E-state index in [1.54, 1.807) is 13.0 Å². The maximum absolute atomic E-state index is 12.0. The summed E-state index contributed by atoms with van der Waals surface area (Å²) in [6.07, 6.45) is 4.26. The fourth-order valence-corrected chi connectivity index (χ4v) is 2.57. The molecule has 0 aliphatic heterocycles. The third-order valence-corrected chi connectivity index (χ3v) is 3.84. The zero-order valence-electron chi connectivity index (χ0n) is 12.8. The van der Waals surface area contributed by atoms with Crippen LogP contribution in [-0.2, 0) is 6.54 Å². The molecule has 114 valence electrons. The Morgan fingerprint density at radius 1 is 1.32 bits per heavy atom. The average molecular weight is 297 g/mol. The number of hydrogen-bond acceptors (Lipinski definition) is 3. The Kier molecular flexibility index (Phi) is 3.96. The highest BCUT2D eigenvalue weighted by atomic mass is 16.3. The van der Waals surface area contributed by atoms with Gasteiger partial charge in [0, 0.05) is 18.5 Å². The van der Waals surface area contributed by atoms with Gasteiger partial charge >= 0.3 is 0 Å². The van der Waals surface area contributed by atoms with Crippen molar-refractivity contribution in [3.63, 3.8) is 0 Å². The third kappa shape index (κ3) is 2.74. The van der Waals surface area contributed by atoms with E-state index < -0.39 is 0 Å². The van der Waals surface area contributed by atoms with E-state index in [4.69, 9.17) is 4.42 Å². The number of nitrogens with one attached hydrogen (secondary N) is 1. The predicted octanol–water partition coefficient (Wildman–Crippen LogP) is 3.07. The zero-order valence-corrected chi connectivity index (χ0v) is 12.8. The first-order valence-corrected chi connectivity index (χ1v) is 7.40. The molecular weight excluding hydrogens is 278 g/mol. The lowest BCUT2D eigenvalue weighted by Crippen LogP contribution is -2.25. The van der Waals surface area contributed by atoms with Crippen LogP contribution < -0.4 is 5.32 Å². The molecule has 0 aliphatic carbocycles. The first kappa shape index (κ1) is 14.4. The minimum absolute atomic E-state index is 0.0904. The Bertz CT molecular complexity index is 801. The summed E-state index contributed by atoms with van der Waals surface area (Å²) >= 11 is 0. The van der Waals surface area contributed by atoms with Crippen molar-refractivity contribution in [3.8, 4) is 0 Å². The average Bonchev–Trinajstić information content (AvgIpc) is 3.11. The van der Waals surface area contributed by atoms with E-state index >= 15 is 0 Å². The van der Waals surface area contributed by atoms with Crippen LogP contribution in [0.2, 0.25) is 0 Å². The van der Waals surface area contributed by atoms with Gasteiger partial charge in [-0.25, -0.2) is 0 Å². The standard InChI is InChI=1S/C17H19N3O2/c1-12-5-3-6-16-15(12)11-19-20(16)9-4-8-18-17(21)14-7-10-22-13(14)2/h3,5-7,10-11H,4,8-9H2,1-2H3,(H,18,21). The number of rotatable bonds is 5. The highest BCUT2D eigenvalue weighted by Crippen LogP contribution is 2.17. The number of benzene rings is 1. The van der Waals surface area contributed by atoms with Crippen molar-refractivity contribution in [2.75, 3.05) is 6.54 Å². The smallest absolute Gasteiger partial charge is 0.254 e. The molecule has 0 fully saturated rings. The number of aryl methyl sites for hydroxylation is 3. The van der Waals surface area contributed by atoms with Gasteiger partial charge in [-0.3, -0.25) is 9.48 Å². The van der Waals surface area contributed by atoms with E-state index in [9.17, 15) is 4.79 Å². The number of nitrogens with zero attached hydrogens (tertiary/aromatic N) is 2. The number of furan rings is 1. The van der Waals surface area contributed by atoms with Crippen LogP contribution in [0.4, 0.5) is 0 Å². The highest BCUT2D eigenvalue weighted by Gasteiger charge is 2.10. The lowest BCUT2D eigenvalue weighted by Gasteiger charge is -2.06. The molecule has 0 bridgehead atoms. The largest absolute Gasteiger partial charge is 0.469 e. The van der Waals surface area contributed by atoms with Crippen LogP contribution in [0.5, 0.6) is 0 Å². The molecule has 0 atom stereocenters. The van der Waals surface area contributed by atoms with Gasteiger partial charge in [-0.2, -0.15) is 5.10 Å². The Balaban J connectivity index is 1.56. The second-order valence-corrected chi connectivity index (χ2v) is 5.38. The van der Waals surface area contributed by atoms with E-state index in [2.05, 4.69) is 29.5 Å². The summed E-state index contributed by atoms with van der Waals surface area (Å²) in [5.41, 5.74) is 2.96. The number of hydrogen-bond donors (Lipinski definition) is 1. The molecule has 5 nitrogen and oxygen atoms in total. The Labute approximate surface area is 128 Å². The Hall–Kier alpha value is -2.56. The second-order valence-electron chi connectivity index (χ2n) is 5.38. The number of carbonyl (C=O) groups excluding carboxylic acids is 1.